The third-order valence-corrected chi connectivity index (χ3v) is 3.51. The largest absolute Gasteiger partial charge is 0.508 e. The van der Waals surface area contributed by atoms with E-state index in [0.717, 1.165) is 22.3 Å². The molecule has 0 saturated heterocycles. The summed E-state index contributed by atoms with van der Waals surface area (Å²) in [4.78, 5) is 0. The number of phenols is 2. The lowest BCUT2D eigenvalue weighted by Gasteiger charge is -2.23. The second-order valence-corrected chi connectivity index (χ2v) is 6.38. The number of hydrogen-bond acceptors (Lipinski definition) is 2. The molecule has 2 nitrogen and oxygen atoms in total. The highest BCUT2D eigenvalue weighted by atomic mass is 16.3. The Labute approximate surface area is 120 Å². The smallest absolute Gasteiger partial charge is 0.122 e. The zero-order valence-corrected chi connectivity index (χ0v) is 12.6. The Balaban J connectivity index is 2.48. The van der Waals surface area contributed by atoms with Crippen LogP contribution in [-0.2, 0) is 11.8 Å². The summed E-state index contributed by atoms with van der Waals surface area (Å²) < 4.78 is 0. The van der Waals surface area contributed by atoms with Crippen LogP contribution >= 0.6 is 0 Å². The van der Waals surface area contributed by atoms with Gasteiger partial charge in [-0.05, 0) is 35.1 Å². The number of hydrogen-bond donors (Lipinski definition) is 2. The molecule has 0 fully saturated rings. The molecule has 2 heteroatoms. The van der Waals surface area contributed by atoms with Crippen molar-refractivity contribution in [3.63, 3.8) is 0 Å². The van der Waals surface area contributed by atoms with E-state index in [9.17, 15) is 10.2 Å². The molecule has 0 heterocycles. The van der Waals surface area contributed by atoms with E-state index in [0.29, 0.717) is 12.2 Å². The second-order valence-electron chi connectivity index (χ2n) is 6.38. The molecule has 0 amide bonds. The third-order valence-electron chi connectivity index (χ3n) is 3.51. The highest BCUT2D eigenvalue weighted by molar-refractivity contribution is 5.49. The van der Waals surface area contributed by atoms with Gasteiger partial charge in [0.1, 0.15) is 11.5 Å². The summed E-state index contributed by atoms with van der Waals surface area (Å²) in [5.41, 5.74) is 3.65. The lowest BCUT2D eigenvalue weighted by atomic mass is 9.83. The second kappa shape index (κ2) is 5.20. The number of aryl methyl sites for hydroxylation is 1. The first-order valence-corrected chi connectivity index (χ1v) is 6.89. The maximum Gasteiger partial charge on any atom is 0.122 e. The molecule has 0 spiro atoms. The van der Waals surface area contributed by atoms with Crippen LogP contribution in [0.25, 0.3) is 0 Å². The summed E-state index contributed by atoms with van der Waals surface area (Å²) in [6.45, 7) is 8.30. The molecule has 0 saturated carbocycles. The Morgan fingerprint density at radius 3 is 2.20 bits per heavy atom. The Morgan fingerprint density at radius 2 is 1.60 bits per heavy atom. The predicted molar refractivity (Wildman–Crippen MR) is 82.5 cm³/mol. The van der Waals surface area contributed by atoms with Crippen molar-refractivity contribution in [3.05, 3.63) is 58.7 Å². The number of phenolic OH excluding ortho intramolecular Hbond substituents is 2. The van der Waals surface area contributed by atoms with Gasteiger partial charge < -0.3 is 10.2 Å². The SMILES string of the molecule is Cc1cc(Cc2ccccc2O)c(O)c(C(C)(C)C)c1. The lowest BCUT2D eigenvalue weighted by Crippen LogP contribution is -2.12. The minimum Gasteiger partial charge on any atom is -0.508 e. The van der Waals surface area contributed by atoms with Gasteiger partial charge in [-0.3, -0.25) is 0 Å². The summed E-state index contributed by atoms with van der Waals surface area (Å²) in [7, 11) is 0. The van der Waals surface area contributed by atoms with Gasteiger partial charge in [0.15, 0.2) is 0 Å². The first kappa shape index (κ1) is 14.4. The van der Waals surface area contributed by atoms with Crippen molar-refractivity contribution >= 4 is 0 Å². The number of para-hydroxylation sites is 1. The Hall–Kier alpha value is -1.96. The van der Waals surface area contributed by atoms with Crippen molar-refractivity contribution < 1.29 is 10.2 Å². The fourth-order valence-electron chi connectivity index (χ4n) is 2.43. The minimum atomic E-state index is -0.108. The van der Waals surface area contributed by atoms with Crippen LogP contribution in [-0.4, -0.2) is 10.2 Å². The molecule has 0 aliphatic rings. The topological polar surface area (TPSA) is 40.5 Å². The zero-order valence-electron chi connectivity index (χ0n) is 12.6. The molecule has 2 aromatic rings. The average molecular weight is 270 g/mol. The van der Waals surface area contributed by atoms with Crippen molar-refractivity contribution in [1.29, 1.82) is 0 Å². The van der Waals surface area contributed by atoms with Gasteiger partial charge in [0, 0.05) is 6.42 Å². The summed E-state index contributed by atoms with van der Waals surface area (Å²) in [6, 6.07) is 11.3. The highest BCUT2D eigenvalue weighted by Gasteiger charge is 2.21. The van der Waals surface area contributed by atoms with Crippen LogP contribution in [0, 0.1) is 6.92 Å². The molecule has 106 valence electrons. The summed E-state index contributed by atoms with van der Waals surface area (Å²) in [5, 5.41) is 20.4. The Morgan fingerprint density at radius 1 is 0.950 bits per heavy atom. The van der Waals surface area contributed by atoms with Gasteiger partial charge in [-0.25, -0.2) is 0 Å². The maximum absolute atomic E-state index is 10.5. The molecule has 20 heavy (non-hydrogen) atoms. The van der Waals surface area contributed by atoms with Crippen LogP contribution in [0.1, 0.15) is 43.0 Å². The normalized spacial score (nSPS) is 11.6. The molecular formula is C18H22O2. The van der Waals surface area contributed by atoms with Crippen LogP contribution in [0.4, 0.5) is 0 Å². The lowest BCUT2D eigenvalue weighted by molar-refractivity contribution is 0.440. The number of aromatic hydroxyl groups is 2. The fourth-order valence-corrected chi connectivity index (χ4v) is 2.43. The number of benzene rings is 2. The highest BCUT2D eigenvalue weighted by Crippen LogP contribution is 2.36. The van der Waals surface area contributed by atoms with Crippen molar-refractivity contribution in [2.75, 3.05) is 0 Å². The molecule has 0 bridgehead atoms. The van der Waals surface area contributed by atoms with Crippen molar-refractivity contribution in [2.45, 2.75) is 39.5 Å². The molecular weight excluding hydrogens is 248 g/mol. The van der Waals surface area contributed by atoms with E-state index in [2.05, 4.69) is 20.8 Å². The van der Waals surface area contributed by atoms with E-state index in [4.69, 9.17) is 0 Å². The van der Waals surface area contributed by atoms with E-state index in [-0.39, 0.29) is 11.2 Å². The molecule has 2 rings (SSSR count). The van der Waals surface area contributed by atoms with Crippen molar-refractivity contribution in [1.82, 2.24) is 0 Å². The molecule has 2 N–H and O–H groups in total. The van der Waals surface area contributed by atoms with Gasteiger partial charge in [0.25, 0.3) is 0 Å². The monoisotopic (exact) mass is 270 g/mol. The quantitative estimate of drug-likeness (QED) is 0.854. The van der Waals surface area contributed by atoms with E-state index in [1.807, 2.05) is 31.2 Å². The third kappa shape index (κ3) is 2.96. The Bertz CT molecular complexity index is 622. The van der Waals surface area contributed by atoms with Crippen LogP contribution in [0.2, 0.25) is 0 Å². The molecule has 0 aromatic heterocycles. The minimum absolute atomic E-state index is 0.108. The van der Waals surface area contributed by atoms with Gasteiger partial charge in [0.2, 0.25) is 0 Å². The van der Waals surface area contributed by atoms with E-state index in [1.54, 1.807) is 12.1 Å². The van der Waals surface area contributed by atoms with Gasteiger partial charge in [-0.1, -0.05) is 56.7 Å². The average Bonchev–Trinajstić information content (AvgIpc) is 2.34. The van der Waals surface area contributed by atoms with Crippen molar-refractivity contribution in [3.8, 4) is 11.5 Å². The van der Waals surface area contributed by atoms with E-state index >= 15 is 0 Å². The molecule has 0 atom stereocenters. The van der Waals surface area contributed by atoms with Crippen molar-refractivity contribution in [2.24, 2.45) is 0 Å². The summed E-state index contributed by atoms with van der Waals surface area (Å²) in [6.07, 6.45) is 0.531. The predicted octanol–water partition coefficient (Wildman–Crippen LogP) is 4.29. The Kier molecular flexibility index (Phi) is 3.76. The van der Waals surface area contributed by atoms with Gasteiger partial charge in [0.05, 0.1) is 0 Å². The van der Waals surface area contributed by atoms with Crippen LogP contribution < -0.4 is 0 Å². The summed E-state index contributed by atoms with van der Waals surface area (Å²) >= 11 is 0. The van der Waals surface area contributed by atoms with Crippen LogP contribution in [0.3, 0.4) is 0 Å². The van der Waals surface area contributed by atoms with Gasteiger partial charge in [-0.15, -0.1) is 0 Å². The van der Waals surface area contributed by atoms with Crippen LogP contribution in [0.5, 0.6) is 11.5 Å². The molecule has 0 unspecified atom stereocenters. The van der Waals surface area contributed by atoms with Gasteiger partial charge >= 0.3 is 0 Å². The summed E-state index contributed by atoms with van der Waals surface area (Å²) in [5.74, 6) is 0.608. The molecule has 2 aromatic carbocycles. The van der Waals surface area contributed by atoms with Gasteiger partial charge in [-0.2, -0.15) is 0 Å². The maximum atomic E-state index is 10.5. The van der Waals surface area contributed by atoms with E-state index in [1.165, 1.54) is 0 Å². The fraction of sp³-hybridized carbons (Fsp3) is 0.333. The molecule has 0 aliphatic carbocycles. The van der Waals surface area contributed by atoms with E-state index < -0.39 is 0 Å². The van der Waals surface area contributed by atoms with Crippen LogP contribution in [0.15, 0.2) is 36.4 Å². The molecule has 0 aliphatic heterocycles. The number of rotatable bonds is 2. The zero-order chi connectivity index (χ0) is 14.9. The molecule has 0 radical (unpaired) electrons. The first-order chi connectivity index (χ1) is 9.29. The standard InChI is InChI=1S/C18H22O2/c1-12-9-14(11-13-7-5-6-8-16(13)19)17(20)15(10-12)18(2,3)4/h5-10,19-20H,11H2,1-4H3. The first-order valence-electron chi connectivity index (χ1n) is 6.89.